The molecular weight excluding hydrogens is 234 g/mol. The number of ketones is 1. The third-order valence-electron chi connectivity index (χ3n) is 3.53. The van der Waals surface area contributed by atoms with Gasteiger partial charge in [-0.2, -0.15) is 0 Å². The highest BCUT2D eigenvalue weighted by Crippen LogP contribution is 2.11. The van der Waals surface area contributed by atoms with Crippen molar-refractivity contribution in [3.8, 4) is 12.3 Å². The molecule has 0 aliphatic heterocycles. The van der Waals surface area contributed by atoms with Crippen molar-refractivity contribution in [2.45, 2.75) is 90.0 Å². The molecule has 0 aliphatic carbocycles. The lowest BCUT2D eigenvalue weighted by Gasteiger charge is -2.06. The summed E-state index contributed by atoms with van der Waals surface area (Å²) in [7, 11) is 0. The summed E-state index contributed by atoms with van der Waals surface area (Å²) in [6, 6.07) is -0.441. The van der Waals surface area contributed by atoms with Crippen LogP contribution in [0.5, 0.6) is 0 Å². The zero-order valence-corrected chi connectivity index (χ0v) is 12.6. The van der Waals surface area contributed by atoms with Crippen LogP contribution in [-0.4, -0.2) is 11.8 Å². The Bertz CT molecular complexity index is 254. The standard InChI is InChI=1S/C17H31NO/c1-3-5-6-7-8-9-10-11-12-13-15-17(19)16(18)14-4-2/h2,16H,3,5-15,18H2,1H3. The van der Waals surface area contributed by atoms with Crippen molar-refractivity contribution in [2.75, 3.05) is 0 Å². The van der Waals surface area contributed by atoms with Gasteiger partial charge in [-0.3, -0.25) is 4.79 Å². The van der Waals surface area contributed by atoms with E-state index in [0.29, 0.717) is 12.8 Å². The first-order valence-corrected chi connectivity index (χ1v) is 7.94. The number of carbonyl (C=O) groups is 1. The molecule has 0 aromatic carbocycles. The van der Waals surface area contributed by atoms with Gasteiger partial charge in [-0.15, -0.1) is 12.3 Å². The Morgan fingerprint density at radius 2 is 1.47 bits per heavy atom. The van der Waals surface area contributed by atoms with Gasteiger partial charge in [0.1, 0.15) is 0 Å². The van der Waals surface area contributed by atoms with E-state index in [0.717, 1.165) is 12.8 Å². The molecule has 0 aliphatic rings. The summed E-state index contributed by atoms with van der Waals surface area (Å²) in [4.78, 5) is 11.5. The van der Waals surface area contributed by atoms with Crippen LogP contribution in [0.25, 0.3) is 0 Å². The number of terminal acetylenes is 1. The smallest absolute Gasteiger partial charge is 0.150 e. The maximum Gasteiger partial charge on any atom is 0.150 e. The maximum absolute atomic E-state index is 11.5. The predicted molar refractivity (Wildman–Crippen MR) is 82.9 cm³/mol. The van der Waals surface area contributed by atoms with E-state index in [1.54, 1.807) is 0 Å². The molecule has 2 heteroatoms. The lowest BCUT2D eigenvalue weighted by atomic mass is 10.0. The van der Waals surface area contributed by atoms with Gasteiger partial charge in [-0.25, -0.2) is 0 Å². The second-order valence-electron chi connectivity index (χ2n) is 5.41. The molecular formula is C17H31NO. The van der Waals surface area contributed by atoms with Crippen LogP contribution in [0.4, 0.5) is 0 Å². The van der Waals surface area contributed by atoms with Crippen LogP contribution in [0.1, 0.15) is 84.0 Å². The first-order valence-electron chi connectivity index (χ1n) is 7.94. The summed E-state index contributed by atoms with van der Waals surface area (Å²) in [5, 5.41) is 0. The highest BCUT2D eigenvalue weighted by molar-refractivity contribution is 5.83. The average molecular weight is 265 g/mol. The normalized spacial score (nSPS) is 12.1. The van der Waals surface area contributed by atoms with Crippen molar-refractivity contribution in [3.63, 3.8) is 0 Å². The molecule has 0 amide bonds. The topological polar surface area (TPSA) is 43.1 Å². The van der Waals surface area contributed by atoms with E-state index in [-0.39, 0.29) is 5.78 Å². The first-order chi connectivity index (χ1) is 9.22. The summed E-state index contributed by atoms with van der Waals surface area (Å²) in [5.41, 5.74) is 5.66. The fourth-order valence-electron chi connectivity index (χ4n) is 2.21. The van der Waals surface area contributed by atoms with E-state index in [1.165, 1.54) is 51.4 Å². The molecule has 0 saturated heterocycles. The average Bonchev–Trinajstić information content (AvgIpc) is 2.41. The van der Waals surface area contributed by atoms with E-state index in [2.05, 4.69) is 12.8 Å². The van der Waals surface area contributed by atoms with Crippen LogP contribution in [0, 0.1) is 12.3 Å². The van der Waals surface area contributed by atoms with Crippen LogP contribution in [-0.2, 0) is 4.79 Å². The van der Waals surface area contributed by atoms with Crippen molar-refractivity contribution in [2.24, 2.45) is 5.73 Å². The molecule has 110 valence electrons. The lowest BCUT2D eigenvalue weighted by molar-refractivity contribution is -0.120. The van der Waals surface area contributed by atoms with Crippen molar-refractivity contribution in [3.05, 3.63) is 0 Å². The highest BCUT2D eigenvalue weighted by atomic mass is 16.1. The van der Waals surface area contributed by atoms with E-state index in [4.69, 9.17) is 12.2 Å². The Hall–Kier alpha value is -0.810. The minimum absolute atomic E-state index is 0.123. The molecule has 19 heavy (non-hydrogen) atoms. The number of carbonyl (C=O) groups excluding carboxylic acids is 1. The fraction of sp³-hybridized carbons (Fsp3) is 0.824. The summed E-state index contributed by atoms with van der Waals surface area (Å²) in [6.07, 6.45) is 18.9. The van der Waals surface area contributed by atoms with E-state index >= 15 is 0 Å². The van der Waals surface area contributed by atoms with Crippen molar-refractivity contribution < 1.29 is 4.79 Å². The first kappa shape index (κ1) is 18.2. The van der Waals surface area contributed by atoms with Crippen LogP contribution < -0.4 is 5.73 Å². The predicted octanol–water partition coefficient (Wildman–Crippen LogP) is 4.22. The van der Waals surface area contributed by atoms with Crippen LogP contribution in [0.2, 0.25) is 0 Å². The van der Waals surface area contributed by atoms with Crippen molar-refractivity contribution in [1.82, 2.24) is 0 Å². The van der Waals surface area contributed by atoms with Gasteiger partial charge in [0.2, 0.25) is 0 Å². The third-order valence-corrected chi connectivity index (χ3v) is 3.53. The summed E-state index contributed by atoms with van der Waals surface area (Å²) in [6.45, 7) is 2.25. The van der Waals surface area contributed by atoms with E-state index in [1.807, 2.05) is 0 Å². The molecule has 0 heterocycles. The molecule has 2 nitrogen and oxygen atoms in total. The van der Waals surface area contributed by atoms with Gasteiger partial charge in [0, 0.05) is 12.8 Å². The largest absolute Gasteiger partial charge is 0.321 e. The maximum atomic E-state index is 11.5. The minimum atomic E-state index is -0.441. The molecule has 0 bridgehead atoms. The SMILES string of the molecule is C#CCC(N)C(=O)CCCCCCCCCCCC. The van der Waals surface area contributed by atoms with Gasteiger partial charge in [-0.1, -0.05) is 64.7 Å². The molecule has 0 aromatic heterocycles. The van der Waals surface area contributed by atoms with Gasteiger partial charge < -0.3 is 5.73 Å². The molecule has 2 N–H and O–H groups in total. The Labute approximate surface area is 119 Å². The minimum Gasteiger partial charge on any atom is -0.321 e. The zero-order chi connectivity index (χ0) is 14.3. The van der Waals surface area contributed by atoms with Gasteiger partial charge >= 0.3 is 0 Å². The number of hydrogen-bond acceptors (Lipinski definition) is 2. The number of hydrogen-bond donors (Lipinski definition) is 1. The summed E-state index contributed by atoms with van der Waals surface area (Å²) in [5.74, 6) is 2.56. The molecule has 1 atom stereocenters. The van der Waals surface area contributed by atoms with E-state index < -0.39 is 6.04 Å². The Morgan fingerprint density at radius 3 is 1.95 bits per heavy atom. The molecule has 0 aromatic rings. The molecule has 1 unspecified atom stereocenters. The Balaban J connectivity index is 3.23. The van der Waals surface area contributed by atoms with Gasteiger partial charge in [0.25, 0.3) is 0 Å². The van der Waals surface area contributed by atoms with Gasteiger partial charge in [0.05, 0.1) is 6.04 Å². The summed E-state index contributed by atoms with van der Waals surface area (Å²) < 4.78 is 0. The number of Topliss-reactive ketones (excluding diaryl/α,β-unsaturated/α-hetero) is 1. The molecule has 0 radical (unpaired) electrons. The number of nitrogens with two attached hydrogens (primary N) is 1. The third kappa shape index (κ3) is 12.0. The lowest BCUT2D eigenvalue weighted by Crippen LogP contribution is -2.29. The van der Waals surface area contributed by atoms with Crippen LogP contribution in [0.15, 0.2) is 0 Å². The zero-order valence-electron chi connectivity index (χ0n) is 12.6. The van der Waals surface area contributed by atoms with E-state index in [9.17, 15) is 4.79 Å². The molecule has 0 spiro atoms. The quantitative estimate of drug-likeness (QED) is 0.400. The Morgan fingerprint density at radius 1 is 1.00 bits per heavy atom. The monoisotopic (exact) mass is 265 g/mol. The highest BCUT2D eigenvalue weighted by Gasteiger charge is 2.10. The van der Waals surface area contributed by atoms with Crippen molar-refractivity contribution >= 4 is 5.78 Å². The second-order valence-corrected chi connectivity index (χ2v) is 5.41. The number of rotatable bonds is 13. The van der Waals surface area contributed by atoms with Crippen LogP contribution >= 0.6 is 0 Å². The fourth-order valence-corrected chi connectivity index (χ4v) is 2.21. The second kappa shape index (κ2) is 13.6. The molecule has 0 rings (SSSR count). The number of unbranched alkanes of at least 4 members (excludes halogenated alkanes) is 9. The Kier molecular flexibility index (Phi) is 13.0. The van der Waals surface area contributed by atoms with Gasteiger partial charge in [-0.05, 0) is 6.42 Å². The molecule has 0 fully saturated rings. The van der Waals surface area contributed by atoms with Gasteiger partial charge in [0.15, 0.2) is 5.78 Å². The van der Waals surface area contributed by atoms with Crippen LogP contribution in [0.3, 0.4) is 0 Å². The molecule has 0 saturated carbocycles. The summed E-state index contributed by atoms with van der Waals surface area (Å²) >= 11 is 0. The van der Waals surface area contributed by atoms with Crippen molar-refractivity contribution in [1.29, 1.82) is 0 Å².